The first-order chi connectivity index (χ1) is 9.63. The van der Waals surface area contributed by atoms with Crippen molar-refractivity contribution in [1.82, 2.24) is 0 Å². The van der Waals surface area contributed by atoms with E-state index in [-0.39, 0.29) is 5.91 Å². The number of carbonyl (C=O) groups excluding carboxylic acids is 1. The molecule has 1 amide bonds. The maximum absolute atomic E-state index is 12.7. The normalized spacial score (nSPS) is 10.3. The quantitative estimate of drug-likeness (QED) is 0.865. The third-order valence-corrected chi connectivity index (χ3v) is 3.31. The second-order valence-corrected chi connectivity index (χ2v) is 4.94. The van der Waals surface area contributed by atoms with Crippen LogP contribution >= 0.6 is 11.6 Å². The van der Waals surface area contributed by atoms with Gasteiger partial charge in [0.25, 0.3) is 5.91 Å². The molecule has 0 heterocycles. The van der Waals surface area contributed by atoms with Gasteiger partial charge in [0.15, 0.2) is 0 Å². The van der Waals surface area contributed by atoms with Gasteiger partial charge in [-0.2, -0.15) is 0 Å². The highest BCUT2D eigenvalue weighted by atomic mass is 35.5. The smallest absolute Gasteiger partial charge is 0.259 e. The van der Waals surface area contributed by atoms with Crippen LogP contribution < -0.4 is 10.6 Å². The Hall–Kier alpha value is -2.00. The van der Waals surface area contributed by atoms with Gasteiger partial charge in [0, 0.05) is 17.9 Å². The van der Waals surface area contributed by atoms with Gasteiger partial charge in [-0.15, -0.1) is 0 Å². The van der Waals surface area contributed by atoms with E-state index in [4.69, 9.17) is 17.3 Å². The summed E-state index contributed by atoms with van der Waals surface area (Å²) in [6.45, 7) is 2.65. The number of amides is 1. The monoisotopic (exact) mass is 288 g/mol. The summed E-state index contributed by atoms with van der Waals surface area (Å²) in [5.41, 5.74) is 7.73. The molecule has 20 heavy (non-hydrogen) atoms. The Morgan fingerprint density at radius 2 is 1.95 bits per heavy atom. The maximum Gasteiger partial charge on any atom is 0.259 e. The average molecular weight is 289 g/mol. The van der Waals surface area contributed by atoms with Gasteiger partial charge in [-0.25, -0.2) is 0 Å². The van der Waals surface area contributed by atoms with Gasteiger partial charge in [0.1, 0.15) is 0 Å². The largest absolute Gasteiger partial charge is 0.399 e. The van der Waals surface area contributed by atoms with Gasteiger partial charge in [0.05, 0.1) is 10.6 Å². The first-order valence-electron chi connectivity index (χ1n) is 6.55. The third-order valence-electron chi connectivity index (χ3n) is 2.98. The number of nitrogens with two attached hydrogens (primary N) is 1. The molecule has 2 N–H and O–H groups in total. The summed E-state index contributed by atoms with van der Waals surface area (Å²) in [4.78, 5) is 14.4. The maximum atomic E-state index is 12.7. The van der Waals surface area contributed by atoms with Crippen molar-refractivity contribution in [2.24, 2.45) is 0 Å². The molecule has 0 aliphatic rings. The molecular formula is C16H17ClN2O. The van der Waals surface area contributed by atoms with E-state index >= 15 is 0 Å². The predicted octanol–water partition coefficient (Wildman–Crippen LogP) is 3.98. The SMILES string of the molecule is CCCN(C(=O)c1ccccc1Cl)c1cccc(N)c1. The number of benzene rings is 2. The molecule has 0 saturated carbocycles. The van der Waals surface area contributed by atoms with E-state index in [1.54, 1.807) is 29.2 Å². The van der Waals surface area contributed by atoms with Gasteiger partial charge in [-0.3, -0.25) is 4.79 Å². The Labute approximate surface area is 124 Å². The molecule has 2 aromatic rings. The van der Waals surface area contributed by atoms with Crippen molar-refractivity contribution in [3.05, 3.63) is 59.1 Å². The van der Waals surface area contributed by atoms with Crippen LogP contribution in [0.15, 0.2) is 48.5 Å². The first-order valence-corrected chi connectivity index (χ1v) is 6.93. The minimum absolute atomic E-state index is 0.108. The van der Waals surface area contributed by atoms with Crippen LogP contribution in [0, 0.1) is 0 Å². The fourth-order valence-corrected chi connectivity index (χ4v) is 2.26. The molecule has 3 nitrogen and oxygen atoms in total. The highest BCUT2D eigenvalue weighted by Gasteiger charge is 2.19. The molecule has 0 spiro atoms. The van der Waals surface area contributed by atoms with E-state index in [0.717, 1.165) is 12.1 Å². The highest BCUT2D eigenvalue weighted by molar-refractivity contribution is 6.34. The highest BCUT2D eigenvalue weighted by Crippen LogP contribution is 2.23. The van der Waals surface area contributed by atoms with Crippen LogP contribution in [0.5, 0.6) is 0 Å². The Kier molecular flexibility index (Phi) is 4.64. The molecule has 0 atom stereocenters. The zero-order chi connectivity index (χ0) is 14.5. The second-order valence-electron chi connectivity index (χ2n) is 4.53. The van der Waals surface area contributed by atoms with Crippen molar-refractivity contribution in [1.29, 1.82) is 0 Å². The topological polar surface area (TPSA) is 46.3 Å². The van der Waals surface area contributed by atoms with Crippen molar-refractivity contribution < 1.29 is 4.79 Å². The molecule has 2 rings (SSSR count). The lowest BCUT2D eigenvalue weighted by Crippen LogP contribution is -2.31. The van der Waals surface area contributed by atoms with E-state index in [0.29, 0.717) is 22.8 Å². The average Bonchev–Trinajstić information content (AvgIpc) is 2.44. The molecule has 0 aliphatic heterocycles. The van der Waals surface area contributed by atoms with E-state index in [1.165, 1.54) is 0 Å². The minimum atomic E-state index is -0.108. The lowest BCUT2D eigenvalue weighted by Gasteiger charge is -2.23. The summed E-state index contributed by atoms with van der Waals surface area (Å²) in [5.74, 6) is -0.108. The Morgan fingerprint density at radius 3 is 2.60 bits per heavy atom. The number of nitrogen functional groups attached to an aromatic ring is 1. The van der Waals surface area contributed by atoms with E-state index in [2.05, 4.69) is 0 Å². The van der Waals surface area contributed by atoms with E-state index in [9.17, 15) is 4.79 Å². The van der Waals surface area contributed by atoms with Crippen LogP contribution in [0.1, 0.15) is 23.7 Å². The zero-order valence-corrected chi connectivity index (χ0v) is 12.1. The number of anilines is 2. The molecule has 4 heteroatoms. The zero-order valence-electron chi connectivity index (χ0n) is 11.3. The number of hydrogen-bond acceptors (Lipinski definition) is 2. The Balaban J connectivity index is 2.39. The van der Waals surface area contributed by atoms with Crippen LogP contribution in [0.4, 0.5) is 11.4 Å². The number of halogens is 1. The summed E-state index contributed by atoms with van der Waals surface area (Å²) in [6, 6.07) is 14.4. The molecular weight excluding hydrogens is 272 g/mol. The minimum Gasteiger partial charge on any atom is -0.399 e. The third kappa shape index (κ3) is 3.11. The van der Waals surface area contributed by atoms with Crippen molar-refractivity contribution in [2.45, 2.75) is 13.3 Å². The van der Waals surface area contributed by atoms with Gasteiger partial charge < -0.3 is 10.6 Å². The standard InChI is InChI=1S/C16H17ClN2O/c1-2-10-19(13-7-5-6-12(18)11-13)16(20)14-8-3-4-9-15(14)17/h3-9,11H,2,10,18H2,1H3. The lowest BCUT2D eigenvalue weighted by atomic mass is 10.1. The lowest BCUT2D eigenvalue weighted by molar-refractivity contribution is 0.0987. The molecule has 0 radical (unpaired) electrons. The molecule has 0 unspecified atom stereocenters. The fraction of sp³-hybridized carbons (Fsp3) is 0.188. The summed E-state index contributed by atoms with van der Waals surface area (Å²) in [7, 11) is 0. The van der Waals surface area contributed by atoms with Gasteiger partial charge in [0.2, 0.25) is 0 Å². The first kappa shape index (κ1) is 14.4. The summed E-state index contributed by atoms with van der Waals surface area (Å²) in [5, 5.41) is 0.461. The van der Waals surface area contributed by atoms with Crippen LogP contribution in [0.25, 0.3) is 0 Å². The molecule has 0 aliphatic carbocycles. The number of rotatable bonds is 4. The summed E-state index contributed by atoms with van der Waals surface area (Å²) >= 11 is 6.11. The van der Waals surface area contributed by atoms with Crippen LogP contribution in [0.2, 0.25) is 5.02 Å². The molecule has 2 aromatic carbocycles. The van der Waals surface area contributed by atoms with Crippen molar-refractivity contribution in [3.8, 4) is 0 Å². The predicted molar refractivity (Wildman–Crippen MR) is 84.3 cm³/mol. The van der Waals surface area contributed by atoms with E-state index in [1.807, 2.05) is 31.2 Å². The van der Waals surface area contributed by atoms with Crippen molar-refractivity contribution in [3.63, 3.8) is 0 Å². The fourth-order valence-electron chi connectivity index (χ4n) is 2.04. The van der Waals surface area contributed by atoms with Crippen molar-refractivity contribution in [2.75, 3.05) is 17.2 Å². The molecule has 0 bridgehead atoms. The van der Waals surface area contributed by atoms with Crippen LogP contribution in [-0.4, -0.2) is 12.5 Å². The van der Waals surface area contributed by atoms with Gasteiger partial charge in [-0.05, 0) is 36.8 Å². The van der Waals surface area contributed by atoms with Gasteiger partial charge >= 0.3 is 0 Å². The molecule has 0 aromatic heterocycles. The number of nitrogens with zero attached hydrogens (tertiary/aromatic N) is 1. The molecule has 0 saturated heterocycles. The number of carbonyl (C=O) groups is 1. The molecule has 104 valence electrons. The molecule has 0 fully saturated rings. The Bertz CT molecular complexity index is 613. The van der Waals surface area contributed by atoms with E-state index < -0.39 is 0 Å². The van der Waals surface area contributed by atoms with Crippen LogP contribution in [-0.2, 0) is 0 Å². The van der Waals surface area contributed by atoms with Crippen molar-refractivity contribution >= 4 is 28.9 Å². The Morgan fingerprint density at radius 1 is 1.20 bits per heavy atom. The summed E-state index contributed by atoms with van der Waals surface area (Å²) < 4.78 is 0. The van der Waals surface area contributed by atoms with Gasteiger partial charge in [-0.1, -0.05) is 36.7 Å². The van der Waals surface area contributed by atoms with Crippen LogP contribution in [0.3, 0.4) is 0 Å². The number of hydrogen-bond donors (Lipinski definition) is 1. The summed E-state index contributed by atoms with van der Waals surface area (Å²) in [6.07, 6.45) is 0.852. The second kappa shape index (κ2) is 6.44.